The van der Waals surface area contributed by atoms with Gasteiger partial charge in [-0.25, -0.2) is 12.2 Å². The number of hydrogen-bond donors (Lipinski definition) is 1. The molecule has 1 aromatic rings. The summed E-state index contributed by atoms with van der Waals surface area (Å²) in [5, 5.41) is 9.18. The molecule has 123 valence electrons. The van der Waals surface area contributed by atoms with Crippen molar-refractivity contribution >= 4 is 28.6 Å². The molecule has 0 aromatic heterocycles. The average molecular weight is 378 g/mol. The van der Waals surface area contributed by atoms with Crippen molar-refractivity contribution in [2.75, 3.05) is 0 Å². The second kappa shape index (κ2) is 14.3. The predicted octanol–water partition coefficient (Wildman–Crippen LogP) is 5.58. The molecular weight excluding hydrogens is 351 g/mol. The van der Waals surface area contributed by atoms with Crippen molar-refractivity contribution < 1.29 is 25.1 Å². The zero-order chi connectivity index (χ0) is 15.6. The summed E-state index contributed by atoms with van der Waals surface area (Å²) in [5.74, 6) is 0.345. The van der Waals surface area contributed by atoms with E-state index in [2.05, 4.69) is 66.7 Å². The van der Waals surface area contributed by atoms with E-state index in [1.807, 2.05) is 24.3 Å². The van der Waals surface area contributed by atoms with Crippen molar-refractivity contribution in [1.29, 1.82) is 0 Å². The molecule has 1 aliphatic rings. The molecule has 1 N–H and O–H groups in total. The van der Waals surface area contributed by atoms with Crippen LogP contribution in [0.25, 0.3) is 0 Å². The maximum absolute atomic E-state index is 9.18. The van der Waals surface area contributed by atoms with Crippen LogP contribution in [0.5, 0.6) is 5.75 Å². The molecule has 1 aromatic carbocycles. The maximum atomic E-state index is 9.18. The third kappa shape index (κ3) is 16.0. The molecule has 0 amide bonds. The summed E-state index contributed by atoms with van der Waals surface area (Å²) >= 11 is 2.08. The van der Waals surface area contributed by atoms with Gasteiger partial charge in [-0.15, -0.1) is 31.2 Å². The van der Waals surface area contributed by atoms with Crippen molar-refractivity contribution in [2.24, 2.45) is 0 Å². The van der Waals surface area contributed by atoms with E-state index in [0.29, 0.717) is 5.75 Å². The smallest absolute Gasteiger partial charge is 0.109 e. The van der Waals surface area contributed by atoms with Crippen LogP contribution in [0.1, 0.15) is 46.6 Å². The van der Waals surface area contributed by atoms with Crippen LogP contribution in [0.3, 0.4) is 0 Å². The molecule has 0 saturated heterocycles. The molecule has 0 saturated carbocycles. The Bertz CT molecular complexity index is 460. The summed E-state index contributed by atoms with van der Waals surface area (Å²) in [5.41, 5.74) is 1.29. The van der Waals surface area contributed by atoms with Gasteiger partial charge in [0.05, 0.1) is 0 Å². The standard InChI is InChI=1S/C10H14O.C5H5.C3H6.2ClH.Ti/c1-10(2,3)8-5-4-6-9(11)7-8;1-2-4-5-3-1;1-3-2;;;/h4-7,11H,1-3H3;1-3H,4H2;1-2H3;2*1H;/q;-1;;;;+1. The third-order valence-electron chi connectivity index (χ3n) is 2.30. The van der Waals surface area contributed by atoms with Gasteiger partial charge in [-0.2, -0.15) is 6.08 Å². The zero-order valence-corrected chi connectivity index (χ0v) is 17.2. The van der Waals surface area contributed by atoms with Crippen molar-refractivity contribution in [3.8, 4) is 5.75 Å². The second-order valence-electron chi connectivity index (χ2n) is 5.80. The number of allylic oxidation sites excluding steroid dienone is 4. The van der Waals surface area contributed by atoms with Crippen LogP contribution in [0, 0.1) is 6.08 Å². The molecule has 22 heavy (non-hydrogen) atoms. The van der Waals surface area contributed by atoms with Gasteiger partial charge in [-0.05, 0) is 23.1 Å². The first kappa shape index (κ1) is 26.6. The number of halogens is 2. The quantitative estimate of drug-likeness (QED) is 0.461. The number of rotatable bonds is 0. The van der Waals surface area contributed by atoms with E-state index in [4.69, 9.17) is 0 Å². The summed E-state index contributed by atoms with van der Waals surface area (Å²) in [6.45, 7) is 10.5. The summed E-state index contributed by atoms with van der Waals surface area (Å²) in [6.07, 6.45) is 10.0. The molecular formula is C18H27Cl2OTi. The fourth-order valence-corrected chi connectivity index (χ4v) is 1.31. The van der Waals surface area contributed by atoms with Gasteiger partial charge in [0.1, 0.15) is 5.75 Å². The Hall–Kier alpha value is -0.336. The summed E-state index contributed by atoms with van der Waals surface area (Å²) in [6, 6.07) is 7.39. The van der Waals surface area contributed by atoms with Gasteiger partial charge >= 0.3 is 37.6 Å². The predicted molar refractivity (Wildman–Crippen MR) is 99.2 cm³/mol. The fourth-order valence-electron chi connectivity index (χ4n) is 1.31. The summed E-state index contributed by atoms with van der Waals surface area (Å²) < 4.78 is 1.42. The Kier molecular flexibility index (Phi) is 17.2. The molecule has 0 radical (unpaired) electrons. The van der Waals surface area contributed by atoms with Crippen molar-refractivity contribution in [1.82, 2.24) is 0 Å². The number of phenols is 1. The number of hydrogen-bond acceptors (Lipinski definition) is 1. The Labute approximate surface area is 159 Å². The van der Waals surface area contributed by atoms with Crippen molar-refractivity contribution in [3.05, 3.63) is 54.1 Å². The molecule has 1 nitrogen and oxygen atoms in total. The van der Waals surface area contributed by atoms with E-state index in [1.54, 1.807) is 12.1 Å². The molecule has 4 heteroatoms. The number of benzene rings is 1. The average Bonchev–Trinajstić information content (AvgIpc) is 2.85. The first-order chi connectivity index (χ1) is 9.23. The number of phenolic OH excluding ortho intramolecular Hbond substituents is 1. The van der Waals surface area contributed by atoms with E-state index >= 15 is 0 Å². The largest absolute Gasteiger partial charge is 0.273 e. The van der Waals surface area contributed by atoms with Crippen LogP contribution < -0.4 is 0 Å². The van der Waals surface area contributed by atoms with E-state index < -0.39 is 0 Å². The topological polar surface area (TPSA) is 20.2 Å². The zero-order valence-electron chi connectivity index (χ0n) is 14.0. The molecule has 2 rings (SSSR count). The fraction of sp³-hybridized carbons (Fsp3) is 0.389. The summed E-state index contributed by atoms with van der Waals surface area (Å²) in [4.78, 5) is 0. The van der Waals surface area contributed by atoms with Gasteiger partial charge in [-0.3, -0.25) is 6.08 Å². The van der Waals surface area contributed by atoms with Crippen LogP contribution in [0.2, 0.25) is 0 Å². The molecule has 0 fully saturated rings. The van der Waals surface area contributed by atoms with Crippen molar-refractivity contribution in [3.63, 3.8) is 0 Å². The molecule has 0 atom stereocenters. The normalized spacial score (nSPS) is 11.0. The molecule has 1 aliphatic carbocycles. The molecule has 0 aliphatic heterocycles. The monoisotopic (exact) mass is 377 g/mol. The Morgan fingerprint density at radius 3 is 1.95 bits per heavy atom. The van der Waals surface area contributed by atoms with Gasteiger partial charge in [0.15, 0.2) is 0 Å². The SMILES string of the molecule is CC(C)(C)c1cccc(O)c1.C[C](C)=[Ti+].Cl.Cl.[C-]1=CC=CC1. The molecule has 0 bridgehead atoms. The van der Waals surface area contributed by atoms with Gasteiger partial charge in [0.25, 0.3) is 0 Å². The van der Waals surface area contributed by atoms with Crippen molar-refractivity contribution in [2.45, 2.75) is 46.5 Å². The van der Waals surface area contributed by atoms with E-state index in [-0.39, 0.29) is 30.2 Å². The maximum Gasteiger partial charge on any atom is -0.109 e. The van der Waals surface area contributed by atoms with Crippen LogP contribution in [0.15, 0.2) is 42.5 Å². The van der Waals surface area contributed by atoms with Gasteiger partial charge in [-0.1, -0.05) is 32.9 Å². The minimum atomic E-state index is 0. The van der Waals surface area contributed by atoms with Crippen LogP contribution in [0.4, 0.5) is 0 Å². The second-order valence-corrected chi connectivity index (χ2v) is 7.36. The van der Waals surface area contributed by atoms with E-state index in [9.17, 15) is 5.11 Å². The Balaban J connectivity index is -0.000000278. The molecule has 0 heterocycles. The Morgan fingerprint density at radius 1 is 1.18 bits per heavy atom. The van der Waals surface area contributed by atoms with E-state index in [0.717, 1.165) is 12.0 Å². The third-order valence-corrected chi connectivity index (χ3v) is 2.30. The van der Waals surface area contributed by atoms with Gasteiger partial charge in [0, 0.05) is 0 Å². The molecule has 0 unspecified atom stereocenters. The van der Waals surface area contributed by atoms with Crippen LogP contribution >= 0.6 is 24.8 Å². The minimum absolute atomic E-state index is 0. The van der Waals surface area contributed by atoms with Crippen LogP contribution in [-0.4, -0.2) is 8.92 Å². The van der Waals surface area contributed by atoms with E-state index in [1.165, 1.54) is 3.81 Å². The first-order valence-corrected chi connectivity index (χ1v) is 7.54. The summed E-state index contributed by atoms with van der Waals surface area (Å²) in [7, 11) is 0. The first-order valence-electron chi connectivity index (χ1n) is 6.76. The molecule has 0 spiro atoms. The van der Waals surface area contributed by atoms with Gasteiger partial charge < -0.3 is 5.11 Å². The van der Waals surface area contributed by atoms with Crippen LogP contribution in [-0.2, 0) is 25.4 Å². The minimum Gasteiger partial charge on any atom is -0.273 e. The number of aromatic hydroxyl groups is 1. The van der Waals surface area contributed by atoms with Gasteiger partial charge in [0.2, 0.25) is 0 Å². The Morgan fingerprint density at radius 2 is 1.73 bits per heavy atom.